The lowest BCUT2D eigenvalue weighted by molar-refractivity contribution is 0.473. The summed E-state index contributed by atoms with van der Waals surface area (Å²) in [7, 11) is 0. The molecule has 0 aliphatic carbocycles. The van der Waals surface area contributed by atoms with Crippen LogP contribution in [-0.4, -0.2) is 37.6 Å². The van der Waals surface area contributed by atoms with Gasteiger partial charge in [0, 0.05) is 56.5 Å². The van der Waals surface area contributed by atoms with Crippen LogP contribution in [0.3, 0.4) is 0 Å². The van der Waals surface area contributed by atoms with Crippen LogP contribution in [0.5, 0.6) is 0 Å². The van der Waals surface area contributed by atoms with E-state index in [1.165, 1.54) is 5.56 Å². The Morgan fingerprint density at radius 2 is 1.96 bits per heavy atom. The zero-order valence-electron chi connectivity index (χ0n) is 15.3. The summed E-state index contributed by atoms with van der Waals surface area (Å²) in [4.78, 5) is 20.4. The van der Waals surface area contributed by atoms with Crippen LogP contribution in [0.15, 0.2) is 43.1 Å². The molecule has 1 unspecified atom stereocenters. The van der Waals surface area contributed by atoms with Crippen LogP contribution in [0.1, 0.15) is 41.5 Å². The number of piperidine rings is 1. The van der Waals surface area contributed by atoms with Crippen molar-refractivity contribution in [3.63, 3.8) is 0 Å². The SMILES string of the molecule is Cc1cnc(C)c(N2CCCC(c3nccn3Cc3ccncc3)C2)n1. The molecular formula is C20H24N6. The molecule has 0 radical (unpaired) electrons. The highest BCUT2D eigenvalue weighted by atomic mass is 15.2. The van der Waals surface area contributed by atoms with E-state index in [1.807, 2.05) is 38.6 Å². The molecule has 26 heavy (non-hydrogen) atoms. The van der Waals surface area contributed by atoms with Crippen molar-refractivity contribution in [2.45, 2.75) is 39.2 Å². The van der Waals surface area contributed by atoms with Crippen molar-refractivity contribution in [3.05, 3.63) is 65.9 Å². The van der Waals surface area contributed by atoms with Crippen molar-refractivity contribution >= 4 is 5.82 Å². The largest absolute Gasteiger partial charge is 0.354 e. The Morgan fingerprint density at radius 1 is 1.12 bits per heavy atom. The van der Waals surface area contributed by atoms with Gasteiger partial charge in [-0.2, -0.15) is 0 Å². The summed E-state index contributed by atoms with van der Waals surface area (Å²) >= 11 is 0. The van der Waals surface area contributed by atoms with Gasteiger partial charge in [-0.05, 0) is 44.4 Å². The molecule has 0 aromatic carbocycles. The number of rotatable bonds is 4. The van der Waals surface area contributed by atoms with E-state index >= 15 is 0 Å². The second-order valence-corrected chi connectivity index (χ2v) is 6.97. The maximum atomic E-state index is 4.73. The first-order chi connectivity index (χ1) is 12.7. The second kappa shape index (κ2) is 7.23. The van der Waals surface area contributed by atoms with Gasteiger partial charge in [0.05, 0.1) is 11.4 Å². The Morgan fingerprint density at radius 3 is 2.81 bits per heavy atom. The average molecular weight is 348 g/mol. The number of nitrogens with zero attached hydrogens (tertiary/aromatic N) is 6. The standard InChI is InChI=1S/C20H24N6/c1-15-12-23-16(2)19(24-15)25-10-3-4-18(14-25)20-22-9-11-26(20)13-17-5-7-21-8-6-17/h5-9,11-12,18H,3-4,10,13-14H2,1-2H3. The van der Waals surface area contributed by atoms with Gasteiger partial charge >= 0.3 is 0 Å². The molecule has 1 aliphatic rings. The third-order valence-electron chi connectivity index (χ3n) is 4.99. The smallest absolute Gasteiger partial charge is 0.150 e. The molecule has 1 saturated heterocycles. The van der Waals surface area contributed by atoms with E-state index in [-0.39, 0.29) is 0 Å². The van der Waals surface area contributed by atoms with Crippen LogP contribution in [0, 0.1) is 13.8 Å². The number of imidazole rings is 1. The minimum atomic E-state index is 0.405. The Balaban J connectivity index is 1.55. The summed E-state index contributed by atoms with van der Waals surface area (Å²) in [5, 5.41) is 0. The van der Waals surface area contributed by atoms with Crippen molar-refractivity contribution < 1.29 is 0 Å². The van der Waals surface area contributed by atoms with Gasteiger partial charge in [-0.1, -0.05) is 0 Å². The number of aryl methyl sites for hydroxylation is 2. The molecule has 0 saturated carbocycles. The minimum absolute atomic E-state index is 0.405. The van der Waals surface area contributed by atoms with Crippen LogP contribution in [0.4, 0.5) is 5.82 Å². The molecule has 6 nitrogen and oxygen atoms in total. The van der Waals surface area contributed by atoms with Gasteiger partial charge in [0.25, 0.3) is 0 Å². The maximum Gasteiger partial charge on any atom is 0.150 e. The molecule has 134 valence electrons. The normalized spacial score (nSPS) is 17.5. The van der Waals surface area contributed by atoms with E-state index in [1.54, 1.807) is 0 Å². The number of aromatic nitrogens is 5. The first-order valence-corrected chi connectivity index (χ1v) is 9.16. The van der Waals surface area contributed by atoms with Crippen LogP contribution in [-0.2, 0) is 6.54 Å². The lowest BCUT2D eigenvalue weighted by Crippen LogP contribution is -2.36. The van der Waals surface area contributed by atoms with Crippen LogP contribution in [0.25, 0.3) is 0 Å². The van der Waals surface area contributed by atoms with E-state index in [0.29, 0.717) is 5.92 Å². The molecule has 1 fully saturated rings. The lowest BCUT2D eigenvalue weighted by Gasteiger charge is -2.34. The van der Waals surface area contributed by atoms with Crippen LogP contribution in [0.2, 0.25) is 0 Å². The van der Waals surface area contributed by atoms with Gasteiger partial charge in [0.1, 0.15) is 11.6 Å². The number of hydrogen-bond donors (Lipinski definition) is 0. The van der Waals surface area contributed by atoms with E-state index in [9.17, 15) is 0 Å². The summed E-state index contributed by atoms with van der Waals surface area (Å²) in [6.45, 7) is 6.83. The second-order valence-electron chi connectivity index (χ2n) is 6.97. The summed E-state index contributed by atoms with van der Waals surface area (Å²) in [6.07, 6.45) is 11.8. The molecule has 4 rings (SSSR count). The Bertz CT molecular complexity index is 873. The zero-order valence-corrected chi connectivity index (χ0v) is 15.3. The van der Waals surface area contributed by atoms with Crippen molar-refractivity contribution in [1.29, 1.82) is 0 Å². The molecule has 3 aromatic rings. The van der Waals surface area contributed by atoms with Crippen LogP contribution < -0.4 is 4.90 Å². The van der Waals surface area contributed by atoms with Gasteiger partial charge in [-0.15, -0.1) is 0 Å². The van der Waals surface area contributed by atoms with Crippen molar-refractivity contribution in [2.75, 3.05) is 18.0 Å². The Hall–Kier alpha value is -2.76. The number of hydrogen-bond acceptors (Lipinski definition) is 5. The average Bonchev–Trinajstić information content (AvgIpc) is 3.13. The highest BCUT2D eigenvalue weighted by Gasteiger charge is 2.26. The van der Waals surface area contributed by atoms with Crippen molar-refractivity contribution in [3.8, 4) is 0 Å². The first-order valence-electron chi connectivity index (χ1n) is 9.16. The van der Waals surface area contributed by atoms with E-state index in [2.05, 4.69) is 42.7 Å². The lowest BCUT2D eigenvalue weighted by atomic mass is 9.97. The number of anilines is 1. The molecule has 0 bridgehead atoms. The molecule has 1 aliphatic heterocycles. The topological polar surface area (TPSA) is 59.7 Å². The maximum absolute atomic E-state index is 4.73. The summed E-state index contributed by atoms with van der Waals surface area (Å²) < 4.78 is 2.26. The molecule has 4 heterocycles. The van der Waals surface area contributed by atoms with Gasteiger partial charge in [-0.25, -0.2) is 9.97 Å². The van der Waals surface area contributed by atoms with Gasteiger partial charge in [-0.3, -0.25) is 9.97 Å². The zero-order chi connectivity index (χ0) is 17.9. The third-order valence-corrected chi connectivity index (χ3v) is 4.99. The highest BCUT2D eigenvalue weighted by molar-refractivity contribution is 5.44. The molecule has 3 aromatic heterocycles. The summed E-state index contributed by atoms with van der Waals surface area (Å²) in [5.74, 6) is 2.58. The van der Waals surface area contributed by atoms with Gasteiger partial charge in [0.15, 0.2) is 0 Å². The predicted molar refractivity (Wildman–Crippen MR) is 101 cm³/mol. The molecule has 6 heteroatoms. The van der Waals surface area contributed by atoms with Crippen molar-refractivity contribution in [1.82, 2.24) is 24.5 Å². The van der Waals surface area contributed by atoms with E-state index in [0.717, 1.165) is 55.5 Å². The predicted octanol–water partition coefficient (Wildman–Crippen LogP) is 3.12. The summed E-state index contributed by atoms with van der Waals surface area (Å²) in [5.41, 5.74) is 3.20. The quantitative estimate of drug-likeness (QED) is 0.725. The molecule has 0 amide bonds. The van der Waals surface area contributed by atoms with E-state index < -0.39 is 0 Å². The van der Waals surface area contributed by atoms with Crippen LogP contribution >= 0.6 is 0 Å². The summed E-state index contributed by atoms with van der Waals surface area (Å²) in [6, 6.07) is 4.12. The fourth-order valence-electron chi connectivity index (χ4n) is 3.70. The fraction of sp³-hybridized carbons (Fsp3) is 0.400. The Kier molecular flexibility index (Phi) is 4.65. The van der Waals surface area contributed by atoms with Gasteiger partial charge < -0.3 is 9.47 Å². The third kappa shape index (κ3) is 3.45. The van der Waals surface area contributed by atoms with Crippen molar-refractivity contribution in [2.24, 2.45) is 0 Å². The minimum Gasteiger partial charge on any atom is -0.354 e. The monoisotopic (exact) mass is 348 g/mol. The molecule has 0 spiro atoms. The molecule has 0 N–H and O–H groups in total. The van der Waals surface area contributed by atoms with E-state index in [4.69, 9.17) is 4.98 Å². The fourth-order valence-corrected chi connectivity index (χ4v) is 3.70. The van der Waals surface area contributed by atoms with Gasteiger partial charge in [0.2, 0.25) is 0 Å². The number of pyridine rings is 1. The Labute approximate surface area is 154 Å². The highest BCUT2D eigenvalue weighted by Crippen LogP contribution is 2.29. The first kappa shape index (κ1) is 16.7. The molecular weight excluding hydrogens is 324 g/mol. The molecule has 1 atom stereocenters.